The highest BCUT2D eigenvalue weighted by atomic mass is 32.2. The number of piperidine rings is 1. The molecule has 0 unspecified atom stereocenters. The number of hydrogen-bond acceptors (Lipinski definition) is 6. The number of nitrogens with zero attached hydrogens (tertiary/aromatic N) is 2. The molecule has 1 amide bonds. The van der Waals surface area contributed by atoms with Gasteiger partial charge in [0.1, 0.15) is 4.21 Å². The van der Waals surface area contributed by atoms with Crippen molar-refractivity contribution in [2.45, 2.75) is 42.4 Å². The van der Waals surface area contributed by atoms with E-state index in [1.165, 1.54) is 15.6 Å². The van der Waals surface area contributed by atoms with Gasteiger partial charge in [0.2, 0.25) is 5.91 Å². The summed E-state index contributed by atoms with van der Waals surface area (Å²) in [4.78, 5) is 15.4. The molecule has 2 aromatic rings. The zero-order valence-corrected chi connectivity index (χ0v) is 19.6. The molecular formula is C23H28N2O5S2. The van der Waals surface area contributed by atoms with Crippen LogP contribution < -0.4 is 9.47 Å². The molecule has 0 aliphatic carbocycles. The highest BCUT2D eigenvalue weighted by Crippen LogP contribution is 2.39. The van der Waals surface area contributed by atoms with Gasteiger partial charge in [-0.15, -0.1) is 11.3 Å². The van der Waals surface area contributed by atoms with Gasteiger partial charge in [-0.25, -0.2) is 8.42 Å². The molecule has 3 aliphatic heterocycles. The lowest BCUT2D eigenvalue weighted by Gasteiger charge is -2.34. The Kier molecular flexibility index (Phi) is 6.14. The zero-order valence-electron chi connectivity index (χ0n) is 17.9. The van der Waals surface area contributed by atoms with Crippen LogP contribution in [0.1, 0.15) is 43.7 Å². The minimum atomic E-state index is -3.45. The summed E-state index contributed by atoms with van der Waals surface area (Å²) in [5.41, 5.74) is 1.08. The summed E-state index contributed by atoms with van der Waals surface area (Å²) >= 11 is 1.24. The first-order valence-electron chi connectivity index (χ1n) is 11.3. The molecule has 1 atom stereocenters. The Labute approximate surface area is 193 Å². The van der Waals surface area contributed by atoms with Crippen molar-refractivity contribution in [1.29, 1.82) is 0 Å². The van der Waals surface area contributed by atoms with Gasteiger partial charge in [-0.2, -0.15) is 4.31 Å². The molecule has 0 bridgehead atoms. The molecule has 1 aromatic carbocycles. The van der Waals surface area contributed by atoms with Crippen molar-refractivity contribution >= 4 is 27.3 Å². The van der Waals surface area contributed by atoms with Crippen LogP contribution >= 0.6 is 11.3 Å². The van der Waals surface area contributed by atoms with Crippen LogP contribution in [0.25, 0.3) is 0 Å². The van der Waals surface area contributed by atoms with Gasteiger partial charge in [-0.3, -0.25) is 4.79 Å². The Morgan fingerprint density at radius 2 is 1.75 bits per heavy atom. The van der Waals surface area contributed by atoms with Gasteiger partial charge in [-0.1, -0.05) is 12.1 Å². The molecule has 0 N–H and O–H groups in total. The fourth-order valence-electron chi connectivity index (χ4n) is 4.88. The van der Waals surface area contributed by atoms with E-state index in [2.05, 4.69) is 0 Å². The van der Waals surface area contributed by atoms with Gasteiger partial charge in [0.15, 0.2) is 11.5 Å². The monoisotopic (exact) mass is 476 g/mol. The topological polar surface area (TPSA) is 76.2 Å². The van der Waals surface area contributed by atoms with Crippen LogP contribution in [0, 0.1) is 5.92 Å². The molecule has 4 heterocycles. The lowest BCUT2D eigenvalue weighted by Crippen LogP contribution is -2.44. The van der Waals surface area contributed by atoms with E-state index >= 15 is 0 Å². The Balaban J connectivity index is 1.26. The lowest BCUT2D eigenvalue weighted by molar-refractivity contribution is -0.137. The van der Waals surface area contributed by atoms with Gasteiger partial charge in [-0.05, 0) is 54.8 Å². The van der Waals surface area contributed by atoms with Gasteiger partial charge in [0, 0.05) is 32.0 Å². The summed E-state index contributed by atoms with van der Waals surface area (Å²) in [6.45, 7) is 2.81. The second-order valence-corrected chi connectivity index (χ2v) is 11.7. The molecule has 2 fully saturated rings. The number of hydrogen-bond donors (Lipinski definition) is 0. The first-order chi connectivity index (χ1) is 15.5. The number of sulfonamides is 1. The number of fused-ring (bicyclic) bond motifs is 1. The third-order valence-electron chi connectivity index (χ3n) is 6.58. The summed E-state index contributed by atoms with van der Waals surface area (Å²) in [7, 11) is -3.45. The molecule has 172 valence electrons. The van der Waals surface area contributed by atoms with E-state index in [4.69, 9.17) is 9.47 Å². The van der Waals surface area contributed by atoms with Crippen LogP contribution in [0.5, 0.6) is 11.5 Å². The second kappa shape index (κ2) is 9.03. The number of rotatable bonds is 4. The van der Waals surface area contributed by atoms with Crippen LogP contribution in [-0.2, 0) is 14.8 Å². The predicted octanol–water partition coefficient (Wildman–Crippen LogP) is 3.67. The van der Waals surface area contributed by atoms with E-state index in [0.29, 0.717) is 43.4 Å². The molecule has 2 saturated heterocycles. The first-order valence-corrected chi connectivity index (χ1v) is 13.6. The summed E-state index contributed by atoms with van der Waals surface area (Å²) in [6, 6.07) is 9.44. The standard InChI is InChI=1S/C23H28N2O5S2/c26-23(17-8-11-24(12-9-17)32(27,28)22-5-2-15-31-22)25-10-1-4-19(25)18-6-7-20-21(16-18)30-14-3-13-29-20/h2,5-7,15-17,19H,1,3-4,8-14H2/t19-/m1/s1. The van der Waals surface area contributed by atoms with Crippen molar-refractivity contribution < 1.29 is 22.7 Å². The van der Waals surface area contributed by atoms with Crippen LogP contribution in [0.4, 0.5) is 0 Å². The Morgan fingerprint density at radius 3 is 2.50 bits per heavy atom. The SMILES string of the molecule is O=C(C1CCN(S(=O)(=O)c2cccs2)CC1)N1CCC[C@@H]1c1ccc2c(c1)OCCCO2. The van der Waals surface area contributed by atoms with E-state index in [9.17, 15) is 13.2 Å². The molecule has 9 heteroatoms. The fraction of sp³-hybridized carbons (Fsp3) is 0.522. The molecule has 5 rings (SSSR count). The molecule has 1 aromatic heterocycles. The van der Waals surface area contributed by atoms with Crippen molar-refractivity contribution in [3.8, 4) is 11.5 Å². The molecule has 0 spiro atoms. The van der Waals surface area contributed by atoms with Crippen molar-refractivity contribution in [1.82, 2.24) is 9.21 Å². The number of carbonyl (C=O) groups is 1. The highest BCUT2D eigenvalue weighted by Gasteiger charge is 2.38. The fourth-order valence-corrected chi connectivity index (χ4v) is 7.49. The highest BCUT2D eigenvalue weighted by molar-refractivity contribution is 7.91. The third-order valence-corrected chi connectivity index (χ3v) is 9.86. The van der Waals surface area contributed by atoms with Crippen LogP contribution in [0.15, 0.2) is 39.9 Å². The van der Waals surface area contributed by atoms with Crippen LogP contribution in [0.3, 0.4) is 0 Å². The number of amides is 1. The minimum Gasteiger partial charge on any atom is -0.490 e. The summed E-state index contributed by atoms with van der Waals surface area (Å²) in [5.74, 6) is 1.53. The number of ether oxygens (including phenoxy) is 2. The van der Waals surface area contributed by atoms with Gasteiger partial charge in [0.05, 0.1) is 19.3 Å². The molecule has 0 radical (unpaired) electrons. The van der Waals surface area contributed by atoms with E-state index in [1.54, 1.807) is 17.5 Å². The predicted molar refractivity (Wildman–Crippen MR) is 122 cm³/mol. The summed E-state index contributed by atoms with van der Waals surface area (Å²) in [6.07, 6.45) is 3.88. The maximum Gasteiger partial charge on any atom is 0.252 e. The van der Waals surface area contributed by atoms with Gasteiger partial charge < -0.3 is 14.4 Å². The first kappa shape index (κ1) is 21.7. The maximum atomic E-state index is 13.4. The normalized spacial score (nSPS) is 22.6. The molecular weight excluding hydrogens is 448 g/mol. The third kappa shape index (κ3) is 4.13. The molecule has 32 heavy (non-hydrogen) atoms. The minimum absolute atomic E-state index is 0.0348. The van der Waals surface area contributed by atoms with Gasteiger partial charge >= 0.3 is 0 Å². The van der Waals surface area contributed by atoms with Gasteiger partial charge in [0.25, 0.3) is 10.0 Å². The molecule has 3 aliphatic rings. The summed E-state index contributed by atoms with van der Waals surface area (Å²) < 4.78 is 39.0. The van der Waals surface area contributed by atoms with Crippen LogP contribution in [0.2, 0.25) is 0 Å². The number of likely N-dealkylation sites (tertiary alicyclic amines) is 1. The van der Waals surface area contributed by atoms with Crippen molar-refractivity contribution in [2.24, 2.45) is 5.92 Å². The second-order valence-electron chi connectivity index (χ2n) is 8.56. The number of carbonyl (C=O) groups excluding carboxylic acids is 1. The largest absolute Gasteiger partial charge is 0.490 e. The molecule has 0 saturated carbocycles. The van der Waals surface area contributed by atoms with E-state index in [-0.39, 0.29) is 17.9 Å². The van der Waals surface area contributed by atoms with E-state index in [1.807, 2.05) is 23.1 Å². The number of thiophene rings is 1. The summed E-state index contributed by atoms with van der Waals surface area (Å²) in [5, 5.41) is 1.77. The smallest absolute Gasteiger partial charge is 0.252 e. The van der Waals surface area contributed by atoms with Crippen LogP contribution in [-0.4, -0.2) is 56.4 Å². The Hall–Kier alpha value is -2.10. The average molecular weight is 477 g/mol. The Bertz CT molecular complexity index is 1060. The van der Waals surface area contributed by atoms with Crippen molar-refractivity contribution in [2.75, 3.05) is 32.8 Å². The maximum absolute atomic E-state index is 13.4. The quantitative estimate of drug-likeness (QED) is 0.673. The number of benzene rings is 1. The molecule has 7 nitrogen and oxygen atoms in total. The van der Waals surface area contributed by atoms with E-state index < -0.39 is 10.0 Å². The zero-order chi connectivity index (χ0) is 22.1. The van der Waals surface area contributed by atoms with Crippen molar-refractivity contribution in [3.63, 3.8) is 0 Å². The Morgan fingerprint density at radius 1 is 0.969 bits per heavy atom. The lowest BCUT2D eigenvalue weighted by atomic mass is 9.95. The van der Waals surface area contributed by atoms with E-state index in [0.717, 1.165) is 42.9 Å². The average Bonchev–Trinajstić information content (AvgIpc) is 3.48. The van der Waals surface area contributed by atoms with Crippen molar-refractivity contribution in [3.05, 3.63) is 41.3 Å².